The predicted molar refractivity (Wildman–Crippen MR) is 85.6 cm³/mol. The van der Waals surface area contributed by atoms with Gasteiger partial charge in [0, 0.05) is 26.7 Å². The molecule has 0 aromatic heterocycles. The molecule has 0 aromatic carbocycles. The first-order valence-corrected chi connectivity index (χ1v) is 8.80. The van der Waals surface area contributed by atoms with Crippen LogP contribution in [0.3, 0.4) is 0 Å². The third-order valence-corrected chi connectivity index (χ3v) is 5.80. The van der Waals surface area contributed by atoms with Crippen molar-refractivity contribution in [3.05, 3.63) is 0 Å². The van der Waals surface area contributed by atoms with Crippen LogP contribution in [-0.2, 0) is 4.74 Å². The highest BCUT2D eigenvalue weighted by Gasteiger charge is 2.48. The van der Waals surface area contributed by atoms with Gasteiger partial charge in [-0.05, 0) is 19.3 Å². The summed E-state index contributed by atoms with van der Waals surface area (Å²) in [4.78, 5) is 18.7. The maximum absolute atomic E-state index is 10.8. The Labute approximate surface area is 139 Å². The van der Waals surface area contributed by atoms with E-state index >= 15 is 0 Å². The van der Waals surface area contributed by atoms with Crippen molar-refractivity contribution >= 4 is 23.0 Å². The summed E-state index contributed by atoms with van der Waals surface area (Å²) in [5.41, 5.74) is -0.316. The number of ether oxygens (including phenoxy) is 1. The number of fused-ring (bicyclic) bond motifs is 1. The van der Waals surface area contributed by atoms with E-state index in [1.807, 2.05) is 0 Å². The van der Waals surface area contributed by atoms with Crippen LogP contribution in [0.2, 0.25) is 0 Å². The maximum Gasteiger partial charge on any atom is 0.407 e. The number of nitrogens with zero attached hydrogens (tertiary/aromatic N) is 3. The minimum Gasteiger partial charge on any atom is -0.465 e. The second-order valence-electron chi connectivity index (χ2n) is 6.23. The van der Waals surface area contributed by atoms with Gasteiger partial charge < -0.3 is 29.9 Å². The van der Waals surface area contributed by atoms with Crippen LogP contribution in [0, 0.1) is 0 Å². The molecule has 0 radical (unpaired) electrons. The largest absolute Gasteiger partial charge is 0.465 e. The number of rotatable bonds is 3. The van der Waals surface area contributed by atoms with Gasteiger partial charge in [0.25, 0.3) is 0 Å². The first kappa shape index (κ1) is 16.8. The fraction of sp³-hybridized carbons (Fsp3) is 0.857. The van der Waals surface area contributed by atoms with E-state index in [1.54, 1.807) is 0 Å². The summed E-state index contributed by atoms with van der Waals surface area (Å²) in [5, 5.41) is 30.4. The van der Waals surface area contributed by atoms with E-state index in [9.17, 15) is 15.0 Å². The van der Waals surface area contributed by atoms with Gasteiger partial charge in [0.2, 0.25) is 0 Å². The zero-order valence-corrected chi connectivity index (χ0v) is 13.9. The molecule has 0 aromatic rings. The summed E-state index contributed by atoms with van der Waals surface area (Å²) in [6.07, 6.45) is -1.03. The molecule has 3 N–H and O–H groups in total. The monoisotopic (exact) mass is 345 g/mol. The van der Waals surface area contributed by atoms with Gasteiger partial charge in [-0.25, -0.2) is 4.79 Å². The molecule has 3 aliphatic heterocycles. The summed E-state index contributed by atoms with van der Waals surface area (Å²) in [5.74, 6) is 0. The highest BCUT2D eigenvalue weighted by molar-refractivity contribution is 8.14. The molecule has 1 amide bonds. The second-order valence-corrected chi connectivity index (χ2v) is 7.30. The first-order chi connectivity index (χ1) is 11.0. The van der Waals surface area contributed by atoms with E-state index in [2.05, 4.69) is 9.89 Å². The van der Waals surface area contributed by atoms with E-state index in [4.69, 9.17) is 9.84 Å². The Bertz CT molecular complexity index is 485. The molecule has 8 nitrogen and oxygen atoms in total. The fourth-order valence-corrected chi connectivity index (χ4v) is 4.41. The van der Waals surface area contributed by atoms with E-state index < -0.39 is 30.4 Å². The topological polar surface area (TPSA) is 106 Å². The fourth-order valence-electron chi connectivity index (χ4n) is 3.13. The molecular formula is C14H23N3O5S. The van der Waals surface area contributed by atoms with E-state index in [1.165, 1.54) is 18.8 Å². The van der Waals surface area contributed by atoms with Crippen molar-refractivity contribution < 1.29 is 24.9 Å². The summed E-state index contributed by atoms with van der Waals surface area (Å²) in [7, 11) is 1.47. The zero-order valence-electron chi connectivity index (χ0n) is 13.0. The number of thioether (sulfide) groups is 1. The van der Waals surface area contributed by atoms with Crippen LogP contribution in [0.5, 0.6) is 0 Å². The molecule has 3 heterocycles. The Hall–Kier alpha value is -1.03. The lowest BCUT2D eigenvalue weighted by Crippen LogP contribution is -2.55. The van der Waals surface area contributed by atoms with Crippen molar-refractivity contribution in [2.24, 2.45) is 4.99 Å². The highest BCUT2D eigenvalue weighted by atomic mass is 32.2. The van der Waals surface area contributed by atoms with Crippen LogP contribution in [-0.4, -0.2) is 92.9 Å². The smallest absolute Gasteiger partial charge is 0.407 e. The number of hydrogen-bond donors (Lipinski definition) is 3. The Morgan fingerprint density at radius 3 is 2.74 bits per heavy atom. The van der Waals surface area contributed by atoms with Crippen molar-refractivity contribution in [2.75, 3.05) is 26.7 Å². The Kier molecular flexibility index (Phi) is 5.00. The van der Waals surface area contributed by atoms with Gasteiger partial charge in [-0.1, -0.05) is 11.8 Å². The summed E-state index contributed by atoms with van der Waals surface area (Å²) in [6.45, 7) is 2.18. The Morgan fingerprint density at radius 2 is 2.09 bits per heavy atom. The second kappa shape index (κ2) is 6.84. The molecule has 9 heteroatoms. The lowest BCUT2D eigenvalue weighted by molar-refractivity contribution is -0.155. The standard InChI is InChI=1S/C14H23N3O5S/c1-16(14(20)21)7-4-8-10(18)11(19)9-12(22-8)23-13(15-9)17-5-2-3-6-17/h8-12,18-19H,2-7H2,1H3,(H,20,21)/t8-,9-,10-,11-,12-/m1/s1. The van der Waals surface area contributed by atoms with E-state index in [0.717, 1.165) is 36.0 Å². The molecule has 5 atom stereocenters. The number of aliphatic hydroxyl groups is 2. The van der Waals surface area contributed by atoms with Gasteiger partial charge in [-0.2, -0.15) is 0 Å². The Balaban J connectivity index is 1.61. The average Bonchev–Trinajstić information content (AvgIpc) is 3.17. The molecule has 0 saturated carbocycles. The number of carbonyl (C=O) groups is 1. The van der Waals surface area contributed by atoms with Crippen LogP contribution < -0.4 is 0 Å². The molecule has 3 rings (SSSR count). The third kappa shape index (κ3) is 3.42. The van der Waals surface area contributed by atoms with Gasteiger partial charge in [0.15, 0.2) is 5.17 Å². The minimum atomic E-state index is -1.05. The molecule has 3 aliphatic rings. The Morgan fingerprint density at radius 1 is 1.39 bits per heavy atom. The normalized spacial score (nSPS) is 36.7. The number of hydrogen-bond acceptors (Lipinski definition) is 7. The molecular weight excluding hydrogens is 322 g/mol. The molecule has 2 saturated heterocycles. The molecule has 23 heavy (non-hydrogen) atoms. The average molecular weight is 345 g/mol. The number of amidine groups is 1. The van der Waals surface area contributed by atoms with Gasteiger partial charge in [0.05, 0.1) is 6.10 Å². The van der Waals surface area contributed by atoms with Crippen LogP contribution in [0.15, 0.2) is 4.99 Å². The van der Waals surface area contributed by atoms with Crippen molar-refractivity contribution in [1.82, 2.24) is 9.80 Å². The van der Waals surface area contributed by atoms with Crippen molar-refractivity contribution in [3.8, 4) is 0 Å². The van der Waals surface area contributed by atoms with Gasteiger partial charge in [-0.3, -0.25) is 4.99 Å². The van der Waals surface area contributed by atoms with Crippen molar-refractivity contribution in [2.45, 2.75) is 49.1 Å². The number of amides is 1. The minimum absolute atomic E-state index is 0.242. The summed E-state index contributed by atoms with van der Waals surface area (Å²) >= 11 is 1.49. The van der Waals surface area contributed by atoms with Crippen LogP contribution in [0.25, 0.3) is 0 Å². The number of aliphatic imine (C=N–C) groups is 1. The molecule has 0 bridgehead atoms. The molecule has 0 spiro atoms. The van der Waals surface area contributed by atoms with Crippen molar-refractivity contribution in [1.29, 1.82) is 0 Å². The summed E-state index contributed by atoms with van der Waals surface area (Å²) in [6, 6.07) is -0.459. The van der Waals surface area contributed by atoms with Crippen LogP contribution in [0.1, 0.15) is 19.3 Å². The van der Waals surface area contributed by atoms with Gasteiger partial charge >= 0.3 is 6.09 Å². The van der Waals surface area contributed by atoms with E-state index in [-0.39, 0.29) is 12.0 Å². The number of aliphatic hydroxyl groups excluding tert-OH is 2. The first-order valence-electron chi connectivity index (χ1n) is 7.92. The third-order valence-electron chi connectivity index (χ3n) is 4.60. The van der Waals surface area contributed by atoms with Gasteiger partial charge in [0.1, 0.15) is 23.7 Å². The lowest BCUT2D eigenvalue weighted by Gasteiger charge is -2.38. The quantitative estimate of drug-likeness (QED) is 0.661. The predicted octanol–water partition coefficient (Wildman–Crippen LogP) is 0.000200. The van der Waals surface area contributed by atoms with E-state index in [0.29, 0.717) is 6.42 Å². The number of carboxylic acid groups (broad SMARTS) is 1. The van der Waals surface area contributed by atoms with Crippen molar-refractivity contribution in [3.63, 3.8) is 0 Å². The number of likely N-dealkylation sites (tertiary alicyclic amines) is 1. The highest BCUT2D eigenvalue weighted by Crippen LogP contribution is 2.38. The molecule has 2 fully saturated rings. The van der Waals surface area contributed by atoms with Gasteiger partial charge in [-0.15, -0.1) is 0 Å². The maximum atomic E-state index is 10.8. The van der Waals surface area contributed by atoms with Crippen LogP contribution >= 0.6 is 11.8 Å². The molecule has 0 aliphatic carbocycles. The molecule has 0 unspecified atom stereocenters. The summed E-state index contributed by atoms with van der Waals surface area (Å²) < 4.78 is 5.91. The van der Waals surface area contributed by atoms with Crippen LogP contribution in [0.4, 0.5) is 4.79 Å². The molecule has 130 valence electrons. The zero-order chi connectivity index (χ0) is 16.6. The lowest BCUT2D eigenvalue weighted by atomic mass is 9.96. The SMILES string of the molecule is CN(CC[C@H]1O[C@@H]2SC(N3CCCC3)=N[C@@H]2[C@@H](O)[C@@H]1O)C(=O)O.